The Bertz CT molecular complexity index is 175. The van der Waals surface area contributed by atoms with Crippen molar-refractivity contribution < 1.29 is 19.1 Å². The van der Waals surface area contributed by atoms with E-state index in [1.165, 1.54) is 6.66 Å². The van der Waals surface area contributed by atoms with Crippen LogP contribution in [0.2, 0.25) is 0 Å². The summed E-state index contributed by atoms with van der Waals surface area (Å²) in [6.07, 6.45) is 1.67. The van der Waals surface area contributed by atoms with E-state index in [-0.39, 0.29) is 12.2 Å². The van der Waals surface area contributed by atoms with Crippen molar-refractivity contribution in [3.05, 3.63) is 0 Å². The van der Waals surface area contributed by atoms with Gasteiger partial charge in [-0.3, -0.25) is 4.57 Å². The Labute approximate surface area is 79.5 Å². The van der Waals surface area contributed by atoms with Crippen molar-refractivity contribution in [3.8, 4) is 0 Å². The molecule has 0 amide bonds. The molecule has 0 heterocycles. The standard InChI is InChI=1S/C8H19O4P/c1-7(9)5-4-6-8(2)12-13(3,10)11/h7-9H,4-6H2,1-3H3,(H,10,11). The highest BCUT2D eigenvalue weighted by atomic mass is 31.2. The molecule has 0 aromatic heterocycles. The minimum atomic E-state index is -3.35. The molecule has 0 rings (SSSR count). The molecule has 13 heavy (non-hydrogen) atoms. The molecular formula is C8H19O4P. The molecule has 0 saturated heterocycles. The van der Waals surface area contributed by atoms with E-state index in [4.69, 9.17) is 14.5 Å². The third kappa shape index (κ3) is 10.0. The van der Waals surface area contributed by atoms with Crippen LogP contribution in [-0.2, 0) is 9.09 Å². The molecule has 80 valence electrons. The molecule has 3 unspecified atom stereocenters. The number of hydrogen-bond acceptors (Lipinski definition) is 3. The lowest BCUT2D eigenvalue weighted by Crippen LogP contribution is -2.08. The molecule has 0 saturated carbocycles. The van der Waals surface area contributed by atoms with E-state index in [1.807, 2.05) is 0 Å². The van der Waals surface area contributed by atoms with Crippen LogP contribution in [-0.4, -0.2) is 28.9 Å². The van der Waals surface area contributed by atoms with Crippen LogP contribution in [0.15, 0.2) is 0 Å². The number of hydrogen-bond donors (Lipinski definition) is 2. The summed E-state index contributed by atoms with van der Waals surface area (Å²) in [7, 11) is -3.35. The van der Waals surface area contributed by atoms with Crippen molar-refractivity contribution in [3.63, 3.8) is 0 Å². The quantitative estimate of drug-likeness (QED) is 0.655. The summed E-state index contributed by atoms with van der Waals surface area (Å²) < 4.78 is 15.7. The van der Waals surface area contributed by atoms with Crippen molar-refractivity contribution in [2.45, 2.75) is 45.3 Å². The van der Waals surface area contributed by atoms with Gasteiger partial charge in [-0.1, -0.05) is 0 Å². The molecule has 0 aliphatic heterocycles. The summed E-state index contributed by atoms with van der Waals surface area (Å²) in [6.45, 7) is 4.66. The summed E-state index contributed by atoms with van der Waals surface area (Å²) in [5.41, 5.74) is 0. The van der Waals surface area contributed by atoms with Gasteiger partial charge < -0.3 is 14.5 Å². The normalized spacial score (nSPS) is 20.7. The molecule has 3 atom stereocenters. The fourth-order valence-electron chi connectivity index (χ4n) is 1.09. The molecule has 0 aromatic rings. The lowest BCUT2D eigenvalue weighted by atomic mass is 10.1. The van der Waals surface area contributed by atoms with Crippen molar-refractivity contribution in [2.75, 3.05) is 6.66 Å². The first kappa shape index (κ1) is 13.1. The maximum atomic E-state index is 10.8. The minimum absolute atomic E-state index is 0.223. The molecule has 0 aromatic carbocycles. The second-order valence-corrected chi connectivity index (χ2v) is 5.32. The van der Waals surface area contributed by atoms with E-state index in [9.17, 15) is 4.57 Å². The molecule has 0 aliphatic rings. The van der Waals surface area contributed by atoms with Gasteiger partial charge in [-0.25, -0.2) is 0 Å². The maximum absolute atomic E-state index is 10.8. The largest absolute Gasteiger partial charge is 0.393 e. The first-order valence-electron chi connectivity index (χ1n) is 4.48. The van der Waals surface area contributed by atoms with Crippen molar-refractivity contribution in [1.29, 1.82) is 0 Å². The summed E-state index contributed by atoms with van der Waals surface area (Å²) in [4.78, 5) is 8.88. The average Bonchev–Trinajstić information content (AvgIpc) is 1.81. The summed E-state index contributed by atoms with van der Waals surface area (Å²) in [6, 6.07) is 0. The van der Waals surface area contributed by atoms with Crippen molar-refractivity contribution >= 4 is 7.60 Å². The fraction of sp³-hybridized carbons (Fsp3) is 1.00. The zero-order valence-electron chi connectivity index (χ0n) is 8.43. The number of aliphatic hydroxyl groups is 1. The Kier molecular flexibility index (Phi) is 5.81. The molecule has 0 fully saturated rings. The van der Waals surface area contributed by atoms with Gasteiger partial charge in [-0.05, 0) is 33.1 Å². The first-order chi connectivity index (χ1) is 5.81. The predicted octanol–water partition coefficient (Wildman–Crippen LogP) is 1.76. The van der Waals surface area contributed by atoms with E-state index < -0.39 is 7.60 Å². The fourth-order valence-corrected chi connectivity index (χ4v) is 1.86. The molecule has 0 radical (unpaired) electrons. The van der Waals surface area contributed by atoms with Crippen LogP contribution in [0.25, 0.3) is 0 Å². The van der Waals surface area contributed by atoms with Crippen LogP contribution >= 0.6 is 7.60 Å². The highest BCUT2D eigenvalue weighted by Crippen LogP contribution is 2.38. The first-order valence-corrected chi connectivity index (χ1v) is 6.50. The van der Waals surface area contributed by atoms with E-state index >= 15 is 0 Å². The van der Waals surface area contributed by atoms with Gasteiger partial charge >= 0.3 is 7.60 Å². The molecular weight excluding hydrogens is 191 g/mol. The molecule has 0 aliphatic carbocycles. The predicted molar refractivity (Wildman–Crippen MR) is 51.8 cm³/mol. The monoisotopic (exact) mass is 210 g/mol. The van der Waals surface area contributed by atoms with E-state index in [1.54, 1.807) is 13.8 Å². The van der Waals surface area contributed by atoms with Gasteiger partial charge in [0.05, 0.1) is 12.2 Å². The van der Waals surface area contributed by atoms with Gasteiger partial charge in [-0.2, -0.15) is 0 Å². The van der Waals surface area contributed by atoms with Gasteiger partial charge in [0.15, 0.2) is 0 Å². The second kappa shape index (κ2) is 5.76. The van der Waals surface area contributed by atoms with E-state index in [0.29, 0.717) is 12.8 Å². The second-order valence-electron chi connectivity index (χ2n) is 3.50. The Balaban J connectivity index is 3.52. The van der Waals surface area contributed by atoms with E-state index in [2.05, 4.69) is 0 Å². The van der Waals surface area contributed by atoms with Crippen molar-refractivity contribution in [2.24, 2.45) is 0 Å². The van der Waals surface area contributed by atoms with E-state index in [0.717, 1.165) is 6.42 Å². The zero-order valence-corrected chi connectivity index (χ0v) is 9.33. The smallest absolute Gasteiger partial charge is 0.325 e. The third-order valence-corrected chi connectivity index (χ3v) is 2.36. The van der Waals surface area contributed by atoms with Crippen LogP contribution in [0.5, 0.6) is 0 Å². The SMILES string of the molecule is CC(O)CCCC(C)OP(C)(=O)O. The van der Waals surface area contributed by atoms with Gasteiger partial charge in [-0.15, -0.1) is 0 Å². The molecule has 0 spiro atoms. The lowest BCUT2D eigenvalue weighted by molar-refractivity contribution is 0.156. The summed E-state index contributed by atoms with van der Waals surface area (Å²) >= 11 is 0. The van der Waals surface area contributed by atoms with Crippen molar-refractivity contribution in [1.82, 2.24) is 0 Å². The molecule has 4 nitrogen and oxygen atoms in total. The highest BCUT2D eigenvalue weighted by Gasteiger charge is 2.15. The van der Waals surface area contributed by atoms with Crippen LogP contribution in [0.3, 0.4) is 0 Å². The van der Waals surface area contributed by atoms with Gasteiger partial charge in [0.25, 0.3) is 0 Å². The maximum Gasteiger partial charge on any atom is 0.325 e. The minimum Gasteiger partial charge on any atom is -0.393 e. The van der Waals surface area contributed by atoms with Crippen LogP contribution < -0.4 is 0 Å². The number of aliphatic hydroxyl groups excluding tert-OH is 1. The zero-order chi connectivity index (χ0) is 10.5. The Morgan fingerprint density at radius 3 is 2.31 bits per heavy atom. The summed E-state index contributed by atoms with van der Waals surface area (Å²) in [5, 5.41) is 8.95. The average molecular weight is 210 g/mol. The third-order valence-electron chi connectivity index (χ3n) is 1.61. The highest BCUT2D eigenvalue weighted by molar-refractivity contribution is 7.51. The Morgan fingerprint density at radius 2 is 1.92 bits per heavy atom. The topological polar surface area (TPSA) is 66.8 Å². The Morgan fingerprint density at radius 1 is 1.38 bits per heavy atom. The van der Waals surface area contributed by atoms with Crippen LogP contribution in [0.4, 0.5) is 0 Å². The number of rotatable bonds is 6. The van der Waals surface area contributed by atoms with Crippen LogP contribution in [0, 0.1) is 0 Å². The molecule has 2 N–H and O–H groups in total. The summed E-state index contributed by atoms with van der Waals surface area (Å²) in [5.74, 6) is 0. The lowest BCUT2D eigenvalue weighted by Gasteiger charge is -2.14. The van der Waals surface area contributed by atoms with Gasteiger partial charge in [0.2, 0.25) is 0 Å². The van der Waals surface area contributed by atoms with Crippen LogP contribution in [0.1, 0.15) is 33.1 Å². The van der Waals surface area contributed by atoms with Gasteiger partial charge in [0, 0.05) is 6.66 Å². The molecule has 0 bridgehead atoms. The molecule has 5 heteroatoms. The Hall–Kier alpha value is 0.110. The van der Waals surface area contributed by atoms with Gasteiger partial charge in [0.1, 0.15) is 0 Å².